The van der Waals surface area contributed by atoms with Crippen molar-refractivity contribution in [3.05, 3.63) is 11.3 Å². The Morgan fingerprint density at radius 1 is 1.19 bits per heavy atom. The van der Waals surface area contributed by atoms with Gasteiger partial charge in [0.2, 0.25) is 0 Å². The lowest BCUT2D eigenvalue weighted by Crippen LogP contribution is -2.40. The molecule has 0 aromatic carbocycles. The summed E-state index contributed by atoms with van der Waals surface area (Å²) >= 11 is 0. The number of aryl methyl sites for hydroxylation is 2. The Hall–Kier alpha value is -1.03. The molecule has 1 aromatic heterocycles. The molecule has 4 heteroatoms. The van der Waals surface area contributed by atoms with Crippen LogP contribution >= 0.6 is 0 Å². The van der Waals surface area contributed by atoms with Crippen molar-refractivity contribution in [3.63, 3.8) is 0 Å². The zero-order chi connectivity index (χ0) is 15.8. The largest absolute Gasteiger partial charge is 0.357 e. The van der Waals surface area contributed by atoms with E-state index in [2.05, 4.69) is 68.6 Å². The van der Waals surface area contributed by atoms with Gasteiger partial charge in [-0.15, -0.1) is 0 Å². The Labute approximate surface area is 129 Å². The molecule has 1 N–H and O–H groups in total. The SMILES string of the molecule is Cc1nn(C)c(N2CCC(C)(C)CC2)c1CNC(C)(C)C. The van der Waals surface area contributed by atoms with Gasteiger partial charge in [-0.1, -0.05) is 13.8 Å². The third-order valence-electron chi connectivity index (χ3n) is 4.53. The summed E-state index contributed by atoms with van der Waals surface area (Å²) in [7, 11) is 2.07. The highest BCUT2D eigenvalue weighted by atomic mass is 15.4. The molecule has 0 aliphatic carbocycles. The molecule has 0 saturated carbocycles. The maximum absolute atomic E-state index is 4.66. The minimum Gasteiger partial charge on any atom is -0.357 e. The fraction of sp³-hybridized carbons (Fsp3) is 0.824. The first-order chi connectivity index (χ1) is 9.59. The van der Waals surface area contributed by atoms with E-state index in [-0.39, 0.29) is 5.54 Å². The van der Waals surface area contributed by atoms with Crippen LogP contribution in [0.5, 0.6) is 0 Å². The zero-order valence-corrected chi connectivity index (χ0v) is 14.9. The lowest BCUT2D eigenvalue weighted by atomic mass is 9.82. The number of hydrogen-bond acceptors (Lipinski definition) is 3. The standard InChI is InChI=1S/C17H32N4/c1-13-14(12-18-16(2,3)4)15(20(7)19-13)21-10-8-17(5,6)9-11-21/h18H,8-12H2,1-7H3. The highest BCUT2D eigenvalue weighted by molar-refractivity contribution is 5.50. The molecule has 1 fully saturated rings. The van der Waals surface area contributed by atoms with Crippen molar-refractivity contribution in [2.75, 3.05) is 18.0 Å². The second-order valence-corrected chi connectivity index (χ2v) is 8.27. The molecular formula is C17H32N4. The van der Waals surface area contributed by atoms with Crippen LogP contribution in [0.4, 0.5) is 5.82 Å². The van der Waals surface area contributed by atoms with Crippen LogP contribution in [0.3, 0.4) is 0 Å². The molecule has 1 aliphatic heterocycles. The van der Waals surface area contributed by atoms with Crippen molar-refractivity contribution in [2.24, 2.45) is 12.5 Å². The number of rotatable bonds is 3. The van der Waals surface area contributed by atoms with Crippen LogP contribution in [-0.2, 0) is 13.6 Å². The van der Waals surface area contributed by atoms with Gasteiger partial charge in [-0.05, 0) is 46.0 Å². The second kappa shape index (κ2) is 5.64. The topological polar surface area (TPSA) is 33.1 Å². The van der Waals surface area contributed by atoms with Crippen LogP contribution in [0.1, 0.15) is 58.7 Å². The van der Waals surface area contributed by atoms with Crippen LogP contribution in [0.2, 0.25) is 0 Å². The molecule has 0 unspecified atom stereocenters. The Morgan fingerprint density at radius 2 is 1.76 bits per heavy atom. The Bertz CT molecular complexity index is 484. The number of piperidine rings is 1. The smallest absolute Gasteiger partial charge is 0.131 e. The van der Waals surface area contributed by atoms with E-state index in [1.807, 2.05) is 0 Å². The summed E-state index contributed by atoms with van der Waals surface area (Å²) in [5.41, 5.74) is 3.11. The summed E-state index contributed by atoms with van der Waals surface area (Å²) in [6, 6.07) is 0. The van der Waals surface area contributed by atoms with Crippen molar-refractivity contribution in [2.45, 2.75) is 66.5 Å². The van der Waals surface area contributed by atoms with E-state index in [9.17, 15) is 0 Å². The third-order valence-corrected chi connectivity index (χ3v) is 4.53. The fourth-order valence-corrected chi connectivity index (χ4v) is 2.97. The van der Waals surface area contributed by atoms with Gasteiger partial charge in [0.1, 0.15) is 5.82 Å². The van der Waals surface area contributed by atoms with Gasteiger partial charge in [0.25, 0.3) is 0 Å². The van der Waals surface area contributed by atoms with E-state index in [4.69, 9.17) is 0 Å². The highest BCUT2D eigenvalue weighted by Gasteiger charge is 2.29. The van der Waals surface area contributed by atoms with Crippen molar-refractivity contribution in [3.8, 4) is 0 Å². The van der Waals surface area contributed by atoms with E-state index in [0.717, 1.165) is 25.3 Å². The summed E-state index contributed by atoms with van der Waals surface area (Å²) in [6.07, 6.45) is 2.51. The number of nitrogens with one attached hydrogen (secondary N) is 1. The van der Waals surface area contributed by atoms with Crippen LogP contribution in [0.25, 0.3) is 0 Å². The van der Waals surface area contributed by atoms with Crippen LogP contribution in [0.15, 0.2) is 0 Å². The number of nitrogens with zero attached hydrogens (tertiary/aromatic N) is 3. The lowest BCUT2D eigenvalue weighted by Gasteiger charge is -2.38. The molecule has 0 atom stereocenters. The summed E-state index contributed by atoms with van der Waals surface area (Å²) < 4.78 is 2.06. The average Bonchev–Trinajstić information content (AvgIpc) is 2.61. The first kappa shape index (κ1) is 16.3. The van der Waals surface area contributed by atoms with Crippen LogP contribution in [0, 0.1) is 12.3 Å². The molecular weight excluding hydrogens is 260 g/mol. The minimum absolute atomic E-state index is 0.128. The predicted molar refractivity (Wildman–Crippen MR) is 89.8 cm³/mol. The van der Waals surface area contributed by atoms with Gasteiger partial charge in [0, 0.05) is 37.8 Å². The second-order valence-electron chi connectivity index (χ2n) is 8.27. The van der Waals surface area contributed by atoms with E-state index in [1.165, 1.54) is 24.2 Å². The summed E-state index contributed by atoms with van der Waals surface area (Å²) in [5.74, 6) is 1.31. The number of aromatic nitrogens is 2. The fourth-order valence-electron chi connectivity index (χ4n) is 2.97. The molecule has 0 amide bonds. The molecule has 4 nitrogen and oxygen atoms in total. The molecule has 0 radical (unpaired) electrons. The van der Waals surface area contributed by atoms with Gasteiger partial charge in [0.15, 0.2) is 0 Å². The van der Waals surface area contributed by atoms with Gasteiger partial charge < -0.3 is 10.2 Å². The van der Waals surface area contributed by atoms with Crippen molar-refractivity contribution in [1.82, 2.24) is 15.1 Å². The minimum atomic E-state index is 0.128. The van der Waals surface area contributed by atoms with Gasteiger partial charge >= 0.3 is 0 Å². The molecule has 2 rings (SSSR count). The van der Waals surface area contributed by atoms with Gasteiger partial charge in [-0.3, -0.25) is 4.68 Å². The number of hydrogen-bond donors (Lipinski definition) is 1. The monoisotopic (exact) mass is 292 g/mol. The van der Waals surface area contributed by atoms with Crippen molar-refractivity contribution < 1.29 is 0 Å². The molecule has 21 heavy (non-hydrogen) atoms. The van der Waals surface area contributed by atoms with Crippen molar-refractivity contribution in [1.29, 1.82) is 0 Å². The summed E-state index contributed by atoms with van der Waals surface area (Å²) in [6.45, 7) is 16.7. The van der Waals surface area contributed by atoms with Crippen molar-refractivity contribution >= 4 is 5.82 Å². The Kier molecular flexibility index (Phi) is 4.39. The lowest BCUT2D eigenvalue weighted by molar-refractivity contribution is 0.278. The predicted octanol–water partition coefficient (Wildman–Crippen LogP) is 3.24. The van der Waals surface area contributed by atoms with Crippen LogP contribution < -0.4 is 10.2 Å². The molecule has 0 bridgehead atoms. The maximum atomic E-state index is 4.66. The molecule has 1 aliphatic rings. The first-order valence-corrected chi connectivity index (χ1v) is 8.11. The molecule has 120 valence electrons. The summed E-state index contributed by atoms with van der Waals surface area (Å²) in [5, 5.41) is 8.27. The molecule has 2 heterocycles. The van der Waals surface area contributed by atoms with Gasteiger partial charge in [-0.2, -0.15) is 5.10 Å². The van der Waals surface area contributed by atoms with E-state index >= 15 is 0 Å². The van der Waals surface area contributed by atoms with Crippen LogP contribution in [-0.4, -0.2) is 28.4 Å². The summed E-state index contributed by atoms with van der Waals surface area (Å²) in [4.78, 5) is 2.52. The Balaban J connectivity index is 2.19. The maximum Gasteiger partial charge on any atom is 0.131 e. The zero-order valence-electron chi connectivity index (χ0n) is 14.9. The molecule has 0 spiro atoms. The highest BCUT2D eigenvalue weighted by Crippen LogP contribution is 2.34. The number of anilines is 1. The van der Waals surface area contributed by atoms with E-state index in [1.54, 1.807) is 0 Å². The van der Waals surface area contributed by atoms with Gasteiger partial charge in [0.05, 0.1) is 5.69 Å². The molecule has 1 aromatic rings. The Morgan fingerprint density at radius 3 is 2.29 bits per heavy atom. The first-order valence-electron chi connectivity index (χ1n) is 8.11. The average molecular weight is 292 g/mol. The van der Waals surface area contributed by atoms with E-state index in [0.29, 0.717) is 5.41 Å². The van der Waals surface area contributed by atoms with Gasteiger partial charge in [-0.25, -0.2) is 0 Å². The molecule has 1 saturated heterocycles. The normalized spacial score (nSPS) is 19.1. The quantitative estimate of drug-likeness (QED) is 0.928. The van der Waals surface area contributed by atoms with E-state index < -0.39 is 0 Å². The third kappa shape index (κ3) is 4.00.